The van der Waals surface area contributed by atoms with Crippen LogP contribution in [0.25, 0.3) is 0 Å². The van der Waals surface area contributed by atoms with Crippen molar-refractivity contribution in [1.29, 1.82) is 0 Å². The number of nitrogens with zero attached hydrogens (tertiary/aromatic N) is 1. The van der Waals surface area contributed by atoms with Gasteiger partial charge in [0.05, 0.1) is 9.83 Å². The molecule has 0 fully saturated rings. The average Bonchev–Trinajstić information content (AvgIpc) is 2.73. The first-order valence-corrected chi connectivity index (χ1v) is 8.84. The molecule has 0 spiro atoms. The molecule has 110 valence electrons. The van der Waals surface area contributed by atoms with Gasteiger partial charge in [0.1, 0.15) is 0 Å². The van der Waals surface area contributed by atoms with Crippen LogP contribution in [-0.2, 0) is 0 Å². The van der Waals surface area contributed by atoms with Crippen LogP contribution in [0.1, 0.15) is 57.9 Å². The SMILES string of the molecule is CCCCCN(C(C)C)C(c1ccc(Br)s1)C(C)N. The Bertz CT molecular complexity index is 363. The van der Waals surface area contributed by atoms with E-state index in [1.165, 1.54) is 27.9 Å². The fraction of sp³-hybridized carbons (Fsp3) is 0.733. The van der Waals surface area contributed by atoms with Gasteiger partial charge in [-0.3, -0.25) is 4.90 Å². The van der Waals surface area contributed by atoms with Crippen LogP contribution in [0.2, 0.25) is 0 Å². The Morgan fingerprint density at radius 2 is 1.95 bits per heavy atom. The van der Waals surface area contributed by atoms with Crippen molar-refractivity contribution in [2.24, 2.45) is 5.73 Å². The molecule has 4 heteroatoms. The van der Waals surface area contributed by atoms with E-state index in [2.05, 4.69) is 60.7 Å². The molecule has 2 N–H and O–H groups in total. The Labute approximate surface area is 130 Å². The molecule has 2 atom stereocenters. The van der Waals surface area contributed by atoms with Crippen LogP contribution in [0.3, 0.4) is 0 Å². The lowest BCUT2D eigenvalue weighted by Gasteiger charge is -2.36. The Hall–Kier alpha value is 0.1000. The molecule has 0 bridgehead atoms. The first-order valence-electron chi connectivity index (χ1n) is 7.24. The van der Waals surface area contributed by atoms with E-state index in [4.69, 9.17) is 5.73 Å². The van der Waals surface area contributed by atoms with E-state index in [1.54, 1.807) is 11.3 Å². The van der Waals surface area contributed by atoms with Crippen LogP contribution in [0, 0.1) is 0 Å². The molecule has 0 radical (unpaired) electrons. The number of thiophene rings is 1. The van der Waals surface area contributed by atoms with Gasteiger partial charge in [-0.15, -0.1) is 11.3 Å². The van der Waals surface area contributed by atoms with Gasteiger partial charge in [0, 0.05) is 17.0 Å². The Morgan fingerprint density at radius 3 is 2.37 bits per heavy atom. The highest BCUT2D eigenvalue weighted by molar-refractivity contribution is 9.11. The number of hydrogen-bond donors (Lipinski definition) is 1. The zero-order valence-electron chi connectivity index (χ0n) is 12.5. The molecule has 1 aromatic rings. The third-order valence-corrected chi connectivity index (χ3v) is 5.12. The summed E-state index contributed by atoms with van der Waals surface area (Å²) in [5.41, 5.74) is 6.27. The van der Waals surface area contributed by atoms with Crippen molar-refractivity contribution in [3.63, 3.8) is 0 Å². The van der Waals surface area contributed by atoms with Crippen LogP contribution in [0.15, 0.2) is 15.9 Å². The Balaban J connectivity index is 2.86. The number of hydrogen-bond acceptors (Lipinski definition) is 3. The normalized spacial score (nSPS) is 15.2. The molecule has 0 aromatic carbocycles. The number of rotatable bonds is 8. The van der Waals surface area contributed by atoms with Gasteiger partial charge >= 0.3 is 0 Å². The first-order chi connectivity index (χ1) is 8.97. The van der Waals surface area contributed by atoms with E-state index in [0.29, 0.717) is 12.1 Å². The maximum Gasteiger partial charge on any atom is 0.0702 e. The second-order valence-corrected chi connectivity index (χ2v) is 7.98. The van der Waals surface area contributed by atoms with Crippen LogP contribution >= 0.6 is 27.3 Å². The summed E-state index contributed by atoms with van der Waals surface area (Å²) in [6, 6.07) is 5.33. The monoisotopic (exact) mass is 346 g/mol. The second kappa shape index (κ2) is 8.40. The van der Waals surface area contributed by atoms with Crippen molar-refractivity contribution < 1.29 is 0 Å². The molecular formula is C15H27BrN2S. The van der Waals surface area contributed by atoms with Crippen molar-refractivity contribution in [1.82, 2.24) is 4.90 Å². The van der Waals surface area contributed by atoms with Gasteiger partial charge in [-0.25, -0.2) is 0 Å². The van der Waals surface area contributed by atoms with Crippen LogP contribution in [0.5, 0.6) is 0 Å². The van der Waals surface area contributed by atoms with E-state index >= 15 is 0 Å². The third-order valence-electron chi connectivity index (χ3n) is 3.42. The van der Waals surface area contributed by atoms with E-state index < -0.39 is 0 Å². The lowest BCUT2D eigenvalue weighted by atomic mass is 10.0. The minimum Gasteiger partial charge on any atom is -0.326 e. The van der Waals surface area contributed by atoms with Gasteiger partial charge in [-0.1, -0.05) is 19.8 Å². The predicted octanol–water partition coefficient (Wildman–Crippen LogP) is 4.80. The molecule has 19 heavy (non-hydrogen) atoms. The van der Waals surface area contributed by atoms with Gasteiger partial charge in [-0.2, -0.15) is 0 Å². The summed E-state index contributed by atoms with van der Waals surface area (Å²) in [7, 11) is 0. The van der Waals surface area contributed by atoms with Crippen molar-refractivity contribution in [2.75, 3.05) is 6.54 Å². The van der Waals surface area contributed by atoms with Gasteiger partial charge in [0.25, 0.3) is 0 Å². The summed E-state index contributed by atoms with van der Waals surface area (Å²) in [5, 5.41) is 0. The largest absolute Gasteiger partial charge is 0.326 e. The summed E-state index contributed by atoms with van der Waals surface area (Å²) in [5.74, 6) is 0. The fourth-order valence-electron chi connectivity index (χ4n) is 2.47. The van der Waals surface area contributed by atoms with E-state index in [9.17, 15) is 0 Å². The zero-order chi connectivity index (χ0) is 14.4. The lowest BCUT2D eigenvalue weighted by Crippen LogP contribution is -2.43. The highest BCUT2D eigenvalue weighted by Gasteiger charge is 2.27. The van der Waals surface area contributed by atoms with Crippen molar-refractivity contribution >= 4 is 27.3 Å². The molecule has 0 aliphatic carbocycles. The first kappa shape index (κ1) is 17.2. The predicted molar refractivity (Wildman–Crippen MR) is 89.8 cm³/mol. The number of halogens is 1. The summed E-state index contributed by atoms with van der Waals surface area (Å²) in [6.45, 7) is 10.0. The van der Waals surface area contributed by atoms with Crippen LogP contribution in [-0.4, -0.2) is 23.5 Å². The van der Waals surface area contributed by atoms with Crippen LogP contribution < -0.4 is 5.73 Å². The summed E-state index contributed by atoms with van der Waals surface area (Å²) in [6.07, 6.45) is 3.81. The van der Waals surface area contributed by atoms with E-state index in [1.807, 2.05) is 0 Å². The van der Waals surface area contributed by atoms with Gasteiger partial charge in [0.15, 0.2) is 0 Å². The fourth-order valence-corrected chi connectivity index (χ4v) is 4.14. The molecule has 1 aromatic heterocycles. The number of nitrogens with two attached hydrogens (primary N) is 1. The Morgan fingerprint density at radius 1 is 1.26 bits per heavy atom. The molecule has 1 heterocycles. The maximum atomic E-state index is 6.27. The van der Waals surface area contributed by atoms with Gasteiger partial charge in [-0.05, 0) is 61.8 Å². The molecule has 1 rings (SSSR count). The van der Waals surface area contributed by atoms with Gasteiger partial charge in [0.2, 0.25) is 0 Å². The summed E-state index contributed by atoms with van der Waals surface area (Å²) < 4.78 is 1.19. The van der Waals surface area contributed by atoms with Gasteiger partial charge < -0.3 is 5.73 Å². The smallest absolute Gasteiger partial charge is 0.0702 e. The summed E-state index contributed by atoms with van der Waals surface area (Å²) >= 11 is 5.36. The molecular weight excluding hydrogens is 320 g/mol. The van der Waals surface area contributed by atoms with Crippen molar-refractivity contribution in [3.05, 3.63) is 20.8 Å². The highest BCUT2D eigenvalue weighted by Crippen LogP contribution is 2.33. The molecule has 0 saturated heterocycles. The molecule has 2 unspecified atom stereocenters. The average molecular weight is 347 g/mol. The molecule has 0 aliphatic rings. The molecule has 0 saturated carbocycles. The minimum atomic E-state index is 0.148. The summed E-state index contributed by atoms with van der Waals surface area (Å²) in [4.78, 5) is 3.92. The highest BCUT2D eigenvalue weighted by atomic mass is 79.9. The topological polar surface area (TPSA) is 29.3 Å². The number of unbranched alkanes of at least 4 members (excludes halogenated alkanes) is 2. The van der Waals surface area contributed by atoms with Crippen molar-refractivity contribution in [3.8, 4) is 0 Å². The van der Waals surface area contributed by atoms with E-state index in [-0.39, 0.29) is 6.04 Å². The second-order valence-electron chi connectivity index (χ2n) is 5.48. The van der Waals surface area contributed by atoms with Crippen molar-refractivity contribution in [2.45, 2.75) is 65.1 Å². The molecule has 2 nitrogen and oxygen atoms in total. The zero-order valence-corrected chi connectivity index (χ0v) is 14.9. The maximum absolute atomic E-state index is 6.27. The lowest BCUT2D eigenvalue weighted by molar-refractivity contribution is 0.135. The minimum absolute atomic E-state index is 0.148. The molecule has 0 aliphatic heterocycles. The van der Waals surface area contributed by atoms with E-state index in [0.717, 1.165) is 6.54 Å². The standard InChI is InChI=1S/C15H27BrN2S/c1-5-6-7-10-18(11(2)3)15(12(4)17)13-8-9-14(16)19-13/h8-9,11-12,15H,5-7,10,17H2,1-4H3. The quantitative estimate of drug-likeness (QED) is 0.685. The third kappa shape index (κ3) is 5.18. The van der Waals surface area contributed by atoms with Crippen LogP contribution in [0.4, 0.5) is 0 Å². The Kier molecular flexibility index (Phi) is 7.58. The molecule has 0 amide bonds.